The normalized spacial score (nSPS) is 18.0. The van der Waals surface area contributed by atoms with E-state index in [1.165, 1.54) is 10.6 Å². The molecule has 1 aliphatic rings. The molecule has 1 fully saturated rings. The van der Waals surface area contributed by atoms with Gasteiger partial charge in [0.05, 0.1) is 17.2 Å². The molecular weight excluding hydrogens is 424 g/mol. The Morgan fingerprint density at radius 2 is 2.03 bits per heavy atom. The molecule has 0 bridgehead atoms. The number of benzene rings is 1. The predicted molar refractivity (Wildman–Crippen MR) is 119 cm³/mol. The first-order chi connectivity index (χ1) is 14.4. The van der Waals surface area contributed by atoms with Crippen LogP contribution in [0.3, 0.4) is 0 Å². The third kappa shape index (κ3) is 5.61. The van der Waals surface area contributed by atoms with Gasteiger partial charge in [-0.3, -0.25) is 14.2 Å². The minimum Gasteiger partial charge on any atom is -0.463 e. The summed E-state index contributed by atoms with van der Waals surface area (Å²) in [4.78, 5) is 39.7. The molecule has 0 N–H and O–H groups in total. The highest BCUT2D eigenvalue weighted by molar-refractivity contribution is 7.07. The average Bonchev–Trinajstić information content (AvgIpc) is 2.98. The number of hydrogen-bond acceptors (Lipinski definition) is 5. The SMILES string of the molecule is CCOC(=O)/C=c1\s/c(=C/c2ccc(Cl)cc2)c(=O)n1CC(=O)N1CCCC(C)C1. The first kappa shape index (κ1) is 22.3. The number of thiazole rings is 1. The minimum absolute atomic E-state index is 0.0955. The number of likely N-dealkylation sites (tertiary alicyclic amines) is 1. The molecule has 3 rings (SSSR count). The van der Waals surface area contributed by atoms with Gasteiger partial charge in [-0.2, -0.15) is 0 Å². The first-order valence-corrected chi connectivity index (χ1v) is 11.2. The van der Waals surface area contributed by atoms with Gasteiger partial charge in [0.25, 0.3) is 5.56 Å². The maximum atomic E-state index is 13.1. The fourth-order valence-corrected chi connectivity index (χ4v) is 4.60. The van der Waals surface area contributed by atoms with Crippen molar-refractivity contribution >= 4 is 47.0 Å². The topological polar surface area (TPSA) is 68.6 Å². The third-order valence-corrected chi connectivity index (χ3v) is 6.25. The predicted octanol–water partition coefficient (Wildman–Crippen LogP) is 1.99. The standard InChI is InChI=1S/C22H25ClN2O4S/c1-3-29-21(27)12-20-25(14-19(26)24-10-4-5-15(2)13-24)22(28)18(30-20)11-16-6-8-17(23)9-7-16/h6-9,11-12,15H,3-5,10,13-14H2,1-2H3/b18-11+,20-12-. The van der Waals surface area contributed by atoms with Crippen LogP contribution in [-0.4, -0.2) is 41.0 Å². The number of piperidine rings is 1. The van der Waals surface area contributed by atoms with Crippen LogP contribution in [0.25, 0.3) is 12.2 Å². The molecule has 0 saturated carbocycles. The Hall–Kier alpha value is -2.38. The van der Waals surface area contributed by atoms with E-state index in [0.29, 0.717) is 33.2 Å². The van der Waals surface area contributed by atoms with Crippen LogP contribution in [0, 0.1) is 5.92 Å². The zero-order chi connectivity index (χ0) is 21.7. The van der Waals surface area contributed by atoms with E-state index in [4.69, 9.17) is 16.3 Å². The number of carbonyl (C=O) groups excluding carboxylic acids is 2. The fraction of sp³-hybridized carbons (Fsp3) is 0.409. The van der Waals surface area contributed by atoms with Crippen LogP contribution in [0.2, 0.25) is 5.02 Å². The van der Waals surface area contributed by atoms with Crippen molar-refractivity contribution in [1.29, 1.82) is 0 Å². The first-order valence-electron chi connectivity index (χ1n) is 10.0. The van der Waals surface area contributed by atoms with Crippen LogP contribution in [0.1, 0.15) is 32.3 Å². The smallest absolute Gasteiger partial charge is 0.333 e. The lowest BCUT2D eigenvalue weighted by Crippen LogP contribution is -2.44. The zero-order valence-corrected chi connectivity index (χ0v) is 18.7. The van der Waals surface area contributed by atoms with E-state index in [2.05, 4.69) is 6.92 Å². The van der Waals surface area contributed by atoms with Crippen LogP contribution in [0.15, 0.2) is 29.1 Å². The van der Waals surface area contributed by atoms with Crippen molar-refractivity contribution in [1.82, 2.24) is 9.47 Å². The maximum absolute atomic E-state index is 13.1. The Morgan fingerprint density at radius 1 is 1.30 bits per heavy atom. The van der Waals surface area contributed by atoms with E-state index >= 15 is 0 Å². The van der Waals surface area contributed by atoms with Gasteiger partial charge in [0.1, 0.15) is 11.2 Å². The van der Waals surface area contributed by atoms with Crippen molar-refractivity contribution in [2.45, 2.75) is 33.2 Å². The molecule has 0 radical (unpaired) electrons. The van der Waals surface area contributed by atoms with E-state index in [1.807, 2.05) is 0 Å². The van der Waals surface area contributed by atoms with E-state index < -0.39 is 5.97 Å². The van der Waals surface area contributed by atoms with E-state index in [9.17, 15) is 14.4 Å². The summed E-state index contributed by atoms with van der Waals surface area (Å²) < 4.78 is 7.20. The summed E-state index contributed by atoms with van der Waals surface area (Å²) in [6.07, 6.45) is 5.07. The Balaban J connectivity index is 2.00. The van der Waals surface area contributed by atoms with Gasteiger partial charge in [0, 0.05) is 18.1 Å². The molecule has 0 aliphatic carbocycles. The number of rotatable bonds is 5. The summed E-state index contributed by atoms with van der Waals surface area (Å²) >= 11 is 7.09. The molecule has 1 aromatic carbocycles. The van der Waals surface area contributed by atoms with Gasteiger partial charge in [-0.25, -0.2) is 4.79 Å². The number of carbonyl (C=O) groups is 2. The van der Waals surface area contributed by atoms with Crippen molar-refractivity contribution in [2.75, 3.05) is 19.7 Å². The summed E-state index contributed by atoms with van der Waals surface area (Å²) in [5.74, 6) is -0.205. The Morgan fingerprint density at radius 3 is 2.70 bits per heavy atom. The quantitative estimate of drug-likeness (QED) is 0.656. The Bertz CT molecular complexity index is 1090. The summed E-state index contributed by atoms with van der Waals surface area (Å²) in [6, 6.07) is 7.10. The molecule has 30 heavy (non-hydrogen) atoms. The molecule has 1 unspecified atom stereocenters. The van der Waals surface area contributed by atoms with Crippen LogP contribution in [-0.2, 0) is 20.9 Å². The molecule has 160 valence electrons. The van der Waals surface area contributed by atoms with Gasteiger partial charge >= 0.3 is 5.97 Å². The van der Waals surface area contributed by atoms with Gasteiger partial charge in [0.15, 0.2) is 0 Å². The van der Waals surface area contributed by atoms with Crippen LogP contribution < -0.4 is 14.8 Å². The molecular formula is C22H25ClN2O4S. The highest BCUT2D eigenvalue weighted by atomic mass is 35.5. The molecule has 2 aromatic rings. The molecule has 1 saturated heterocycles. The second-order valence-corrected chi connectivity index (χ2v) is 8.87. The molecule has 6 nitrogen and oxygen atoms in total. The van der Waals surface area contributed by atoms with Gasteiger partial charge in [0.2, 0.25) is 5.91 Å². The molecule has 2 heterocycles. The average molecular weight is 449 g/mol. The van der Waals surface area contributed by atoms with Crippen molar-refractivity contribution in [3.8, 4) is 0 Å². The zero-order valence-electron chi connectivity index (χ0n) is 17.1. The summed E-state index contributed by atoms with van der Waals surface area (Å²) in [5.41, 5.74) is 0.507. The molecule has 1 aromatic heterocycles. The molecule has 0 spiro atoms. The summed E-state index contributed by atoms with van der Waals surface area (Å²) in [5, 5.41) is 0.605. The van der Waals surface area contributed by atoms with Gasteiger partial charge in [-0.1, -0.05) is 30.7 Å². The Kier molecular flexibility index (Phi) is 7.50. The van der Waals surface area contributed by atoms with E-state index in [1.54, 1.807) is 42.2 Å². The van der Waals surface area contributed by atoms with Gasteiger partial charge < -0.3 is 9.64 Å². The fourth-order valence-electron chi connectivity index (χ4n) is 3.44. The molecule has 8 heteroatoms. The van der Waals surface area contributed by atoms with Crippen LogP contribution >= 0.6 is 22.9 Å². The lowest BCUT2D eigenvalue weighted by Gasteiger charge is -2.31. The number of aromatic nitrogens is 1. The number of halogens is 1. The number of nitrogens with zero attached hydrogens (tertiary/aromatic N) is 2. The number of amides is 1. The highest BCUT2D eigenvalue weighted by Crippen LogP contribution is 2.15. The highest BCUT2D eigenvalue weighted by Gasteiger charge is 2.22. The summed E-state index contributed by atoms with van der Waals surface area (Å²) in [7, 11) is 0. The van der Waals surface area contributed by atoms with Gasteiger partial charge in [-0.05, 0) is 49.5 Å². The molecule has 1 atom stereocenters. The number of hydrogen-bond donors (Lipinski definition) is 0. The van der Waals surface area contributed by atoms with Crippen LogP contribution in [0.4, 0.5) is 0 Å². The lowest BCUT2D eigenvalue weighted by atomic mass is 10.0. The second-order valence-electron chi connectivity index (χ2n) is 7.38. The largest absolute Gasteiger partial charge is 0.463 e. The molecule has 1 amide bonds. The monoisotopic (exact) mass is 448 g/mol. The van der Waals surface area contributed by atoms with Crippen molar-refractivity contribution in [2.24, 2.45) is 5.92 Å². The minimum atomic E-state index is -0.537. The van der Waals surface area contributed by atoms with Crippen molar-refractivity contribution in [3.05, 3.63) is 54.4 Å². The number of ether oxygens (including phenoxy) is 1. The second kappa shape index (κ2) is 10.1. The van der Waals surface area contributed by atoms with E-state index in [0.717, 1.165) is 29.7 Å². The van der Waals surface area contributed by atoms with Crippen LogP contribution in [0.5, 0.6) is 0 Å². The lowest BCUT2D eigenvalue weighted by molar-refractivity contribution is -0.136. The maximum Gasteiger partial charge on any atom is 0.333 e. The van der Waals surface area contributed by atoms with Crippen molar-refractivity contribution in [3.63, 3.8) is 0 Å². The third-order valence-electron chi connectivity index (χ3n) is 4.94. The Labute approximate surface area is 184 Å². The molecule has 1 aliphatic heterocycles. The van der Waals surface area contributed by atoms with Crippen molar-refractivity contribution < 1.29 is 14.3 Å². The summed E-state index contributed by atoms with van der Waals surface area (Å²) in [6.45, 7) is 5.37. The van der Waals surface area contributed by atoms with Gasteiger partial charge in [-0.15, -0.1) is 11.3 Å². The number of esters is 1. The van der Waals surface area contributed by atoms with E-state index in [-0.39, 0.29) is 24.6 Å².